The van der Waals surface area contributed by atoms with E-state index in [0.717, 1.165) is 25.7 Å². The van der Waals surface area contributed by atoms with Crippen molar-refractivity contribution in [2.45, 2.75) is 57.5 Å². The van der Waals surface area contributed by atoms with Gasteiger partial charge in [-0.3, -0.25) is 4.79 Å². The minimum absolute atomic E-state index is 0.00703. The van der Waals surface area contributed by atoms with E-state index in [0.29, 0.717) is 34.7 Å². The van der Waals surface area contributed by atoms with Crippen LogP contribution in [0.3, 0.4) is 0 Å². The van der Waals surface area contributed by atoms with Gasteiger partial charge in [-0.1, -0.05) is 32.3 Å². The molecule has 1 aliphatic rings. The summed E-state index contributed by atoms with van der Waals surface area (Å²) in [4.78, 5) is 33.9. The summed E-state index contributed by atoms with van der Waals surface area (Å²) in [5.41, 5.74) is 4.48. The van der Waals surface area contributed by atoms with Crippen molar-refractivity contribution >= 4 is 27.9 Å². The van der Waals surface area contributed by atoms with Crippen LogP contribution in [0.1, 0.15) is 57.3 Å². The van der Waals surface area contributed by atoms with Crippen LogP contribution >= 0.6 is 0 Å². The molecular weight excluding hydrogens is 411 g/mol. The maximum Gasteiger partial charge on any atom is 0.283 e. The van der Waals surface area contributed by atoms with E-state index in [1.807, 2.05) is 6.92 Å². The molecule has 4 aromatic rings. The Labute approximate surface area is 183 Å². The van der Waals surface area contributed by atoms with Gasteiger partial charge >= 0.3 is 0 Å². The molecule has 0 unspecified atom stereocenters. The lowest BCUT2D eigenvalue weighted by Crippen LogP contribution is -2.41. The molecule has 0 aliphatic heterocycles. The van der Waals surface area contributed by atoms with Crippen molar-refractivity contribution in [1.82, 2.24) is 29.6 Å². The van der Waals surface area contributed by atoms with Gasteiger partial charge in [-0.25, -0.2) is 29.0 Å². The molecule has 0 spiro atoms. The summed E-state index contributed by atoms with van der Waals surface area (Å²) in [6, 6.07) is 4.31. The zero-order valence-corrected chi connectivity index (χ0v) is 17.8. The van der Waals surface area contributed by atoms with Crippen LogP contribution in [-0.4, -0.2) is 35.6 Å². The average Bonchev–Trinajstić information content (AvgIpc) is 3.30. The summed E-state index contributed by atoms with van der Waals surface area (Å²) in [6.45, 7) is 2.00. The molecule has 3 aromatic heterocycles. The Balaban J connectivity index is 1.62. The number of fused-ring (bicyclic) bond motifs is 2. The van der Waals surface area contributed by atoms with Gasteiger partial charge in [0.2, 0.25) is 0 Å². The van der Waals surface area contributed by atoms with Crippen LogP contribution in [0.25, 0.3) is 22.1 Å². The Morgan fingerprint density at radius 2 is 2.06 bits per heavy atom. The predicted octanol–water partition coefficient (Wildman–Crippen LogP) is 3.64. The average molecular weight is 436 g/mol. The van der Waals surface area contributed by atoms with Crippen molar-refractivity contribution in [2.75, 3.05) is 10.7 Å². The molecule has 0 saturated heterocycles. The number of anilines is 1. The molecule has 1 aromatic carbocycles. The number of rotatable bonds is 6. The first-order valence-corrected chi connectivity index (χ1v) is 11.0. The summed E-state index contributed by atoms with van der Waals surface area (Å²) in [5, 5.41) is 3.37. The zero-order valence-electron chi connectivity index (χ0n) is 17.8. The Bertz CT molecular complexity index is 1310. The van der Waals surface area contributed by atoms with E-state index in [1.54, 1.807) is 18.5 Å². The third kappa shape index (κ3) is 3.65. The molecule has 3 heterocycles. The molecule has 32 heavy (non-hydrogen) atoms. The van der Waals surface area contributed by atoms with E-state index in [-0.39, 0.29) is 17.5 Å². The van der Waals surface area contributed by atoms with Gasteiger partial charge in [0.25, 0.3) is 5.56 Å². The monoisotopic (exact) mass is 436 g/mol. The van der Waals surface area contributed by atoms with Crippen LogP contribution in [-0.2, 0) is 0 Å². The van der Waals surface area contributed by atoms with E-state index < -0.39 is 11.4 Å². The lowest BCUT2D eigenvalue weighted by atomic mass is 9.96. The SMILES string of the molecule is CC[C@H](Nc1ncnc2nc[nH]c12)c1nc2cccc(F)c2c(=O)n1NC1CCCCC1. The summed E-state index contributed by atoms with van der Waals surface area (Å²) >= 11 is 0. The Hall–Kier alpha value is -3.56. The maximum absolute atomic E-state index is 14.6. The quantitative estimate of drug-likeness (QED) is 0.423. The van der Waals surface area contributed by atoms with Crippen molar-refractivity contribution in [3.05, 3.63) is 52.8 Å². The fraction of sp³-hybridized carbons (Fsp3) is 0.409. The summed E-state index contributed by atoms with van der Waals surface area (Å²) < 4.78 is 16.0. The number of nitrogens with zero attached hydrogens (tertiary/aromatic N) is 5. The molecule has 3 N–H and O–H groups in total. The first kappa shape index (κ1) is 20.3. The van der Waals surface area contributed by atoms with E-state index in [2.05, 4.69) is 30.7 Å². The van der Waals surface area contributed by atoms with Crippen LogP contribution in [0.5, 0.6) is 0 Å². The van der Waals surface area contributed by atoms with Crippen LogP contribution in [0.4, 0.5) is 10.2 Å². The molecule has 1 aliphatic carbocycles. The van der Waals surface area contributed by atoms with Crippen LogP contribution in [0.15, 0.2) is 35.6 Å². The fourth-order valence-corrected chi connectivity index (χ4v) is 4.37. The molecule has 10 heteroatoms. The molecule has 0 radical (unpaired) electrons. The smallest absolute Gasteiger partial charge is 0.283 e. The van der Waals surface area contributed by atoms with Crippen LogP contribution in [0.2, 0.25) is 0 Å². The summed E-state index contributed by atoms with van der Waals surface area (Å²) in [5.74, 6) is 0.492. The number of hydrogen-bond donors (Lipinski definition) is 3. The Morgan fingerprint density at radius 1 is 1.22 bits per heavy atom. The number of imidazole rings is 1. The number of halogens is 1. The van der Waals surface area contributed by atoms with Crippen molar-refractivity contribution in [3.63, 3.8) is 0 Å². The highest BCUT2D eigenvalue weighted by Gasteiger charge is 2.24. The molecule has 1 saturated carbocycles. The van der Waals surface area contributed by atoms with Gasteiger partial charge < -0.3 is 15.7 Å². The lowest BCUT2D eigenvalue weighted by molar-refractivity contribution is 0.429. The maximum atomic E-state index is 14.6. The second-order valence-electron chi connectivity index (χ2n) is 8.14. The molecule has 5 rings (SSSR count). The number of nitrogens with one attached hydrogen (secondary N) is 3. The highest BCUT2D eigenvalue weighted by atomic mass is 19.1. The van der Waals surface area contributed by atoms with Crippen LogP contribution < -0.4 is 16.3 Å². The number of aromatic nitrogens is 6. The van der Waals surface area contributed by atoms with E-state index >= 15 is 0 Å². The van der Waals surface area contributed by atoms with Gasteiger partial charge in [-0.15, -0.1) is 0 Å². The minimum Gasteiger partial charge on any atom is -0.358 e. The Kier molecular flexibility index (Phi) is 5.42. The normalized spacial score (nSPS) is 15.8. The first-order valence-electron chi connectivity index (χ1n) is 11.0. The lowest BCUT2D eigenvalue weighted by Gasteiger charge is -2.28. The van der Waals surface area contributed by atoms with Gasteiger partial charge in [0, 0.05) is 6.04 Å². The van der Waals surface area contributed by atoms with Crippen molar-refractivity contribution in [3.8, 4) is 0 Å². The van der Waals surface area contributed by atoms with E-state index in [4.69, 9.17) is 4.98 Å². The van der Waals surface area contributed by atoms with E-state index in [9.17, 15) is 9.18 Å². The second kappa shape index (κ2) is 8.52. The zero-order chi connectivity index (χ0) is 22.1. The number of aromatic amines is 1. The summed E-state index contributed by atoms with van der Waals surface area (Å²) in [7, 11) is 0. The van der Waals surface area contributed by atoms with Gasteiger partial charge in [0.15, 0.2) is 17.3 Å². The van der Waals surface area contributed by atoms with Gasteiger partial charge in [0.05, 0.1) is 17.9 Å². The molecule has 0 amide bonds. The molecular formula is C22H25FN8O. The molecule has 1 fully saturated rings. The van der Waals surface area contributed by atoms with Gasteiger partial charge in [-0.05, 0) is 31.4 Å². The third-order valence-electron chi connectivity index (χ3n) is 6.04. The highest BCUT2D eigenvalue weighted by molar-refractivity contribution is 5.82. The van der Waals surface area contributed by atoms with Gasteiger partial charge in [0.1, 0.15) is 23.0 Å². The number of benzene rings is 1. The van der Waals surface area contributed by atoms with Crippen molar-refractivity contribution in [2.24, 2.45) is 0 Å². The molecule has 9 nitrogen and oxygen atoms in total. The van der Waals surface area contributed by atoms with Gasteiger partial charge in [-0.2, -0.15) is 0 Å². The molecule has 0 bridgehead atoms. The fourth-order valence-electron chi connectivity index (χ4n) is 4.37. The van der Waals surface area contributed by atoms with E-state index in [1.165, 1.54) is 23.5 Å². The topological polar surface area (TPSA) is 113 Å². The first-order chi connectivity index (χ1) is 15.7. The molecule has 1 atom stereocenters. The van der Waals surface area contributed by atoms with Crippen molar-refractivity contribution in [1.29, 1.82) is 0 Å². The number of H-pyrrole nitrogens is 1. The standard InChI is InChI=1S/C22H25FN8O/c1-2-15(28-20-18-19(25-11-24-18)26-12-27-20)21-29-16-10-6-9-14(23)17(16)22(32)31(21)30-13-7-4-3-5-8-13/h6,9-13,15,30H,2-5,7-8H2,1H3,(H2,24,25,26,27,28)/t15-/m0/s1. The van der Waals surface area contributed by atoms with Crippen LogP contribution in [0, 0.1) is 5.82 Å². The predicted molar refractivity (Wildman–Crippen MR) is 121 cm³/mol. The second-order valence-corrected chi connectivity index (χ2v) is 8.14. The highest BCUT2D eigenvalue weighted by Crippen LogP contribution is 2.25. The number of hydrogen-bond acceptors (Lipinski definition) is 7. The molecule has 166 valence electrons. The summed E-state index contributed by atoms with van der Waals surface area (Å²) in [6.07, 6.45) is 8.95. The van der Waals surface area contributed by atoms with Crippen molar-refractivity contribution < 1.29 is 4.39 Å². The largest absolute Gasteiger partial charge is 0.358 e. The Morgan fingerprint density at radius 3 is 2.88 bits per heavy atom. The minimum atomic E-state index is -0.568. The third-order valence-corrected chi connectivity index (χ3v) is 6.04.